The van der Waals surface area contributed by atoms with Crippen LogP contribution in [0.3, 0.4) is 0 Å². The monoisotopic (exact) mass is 416 g/mol. The van der Waals surface area contributed by atoms with Crippen molar-refractivity contribution < 1.29 is 28.4 Å². The van der Waals surface area contributed by atoms with Gasteiger partial charge in [-0.05, 0) is 22.3 Å². The summed E-state index contributed by atoms with van der Waals surface area (Å²) in [5.41, 5.74) is 4.54. The van der Waals surface area contributed by atoms with Gasteiger partial charge in [0.1, 0.15) is 0 Å². The molecule has 0 aliphatic carbocycles. The summed E-state index contributed by atoms with van der Waals surface area (Å²) in [6, 6.07) is 16.3. The Balaban J connectivity index is 1.48. The number of benzene rings is 2. The Morgan fingerprint density at radius 1 is 0.333 bits per heavy atom. The molecule has 2 aromatic rings. The van der Waals surface area contributed by atoms with Gasteiger partial charge in [-0.25, -0.2) is 0 Å². The van der Waals surface area contributed by atoms with E-state index < -0.39 is 0 Å². The second-order valence-electron chi connectivity index (χ2n) is 6.97. The molecule has 0 fully saturated rings. The van der Waals surface area contributed by atoms with E-state index in [1.807, 2.05) is 24.3 Å². The molecule has 3 rings (SSSR count). The van der Waals surface area contributed by atoms with Crippen molar-refractivity contribution in [2.75, 3.05) is 52.9 Å². The largest absolute Gasteiger partial charge is 0.377 e. The second-order valence-corrected chi connectivity index (χ2v) is 6.97. The van der Waals surface area contributed by atoms with Gasteiger partial charge in [-0.2, -0.15) is 0 Å². The first-order valence-corrected chi connectivity index (χ1v) is 10.5. The van der Waals surface area contributed by atoms with Crippen molar-refractivity contribution in [1.82, 2.24) is 0 Å². The van der Waals surface area contributed by atoms with E-state index >= 15 is 0 Å². The summed E-state index contributed by atoms with van der Waals surface area (Å²) < 4.78 is 34.3. The van der Waals surface area contributed by atoms with Crippen LogP contribution in [-0.2, 0) is 54.8 Å². The highest BCUT2D eigenvalue weighted by Gasteiger charge is 2.05. The molecule has 0 N–H and O–H groups in total. The molecule has 0 bridgehead atoms. The summed E-state index contributed by atoms with van der Waals surface area (Å²) in [5, 5.41) is 0. The highest BCUT2D eigenvalue weighted by molar-refractivity contribution is 5.26. The molecule has 0 amide bonds. The van der Waals surface area contributed by atoms with E-state index in [9.17, 15) is 0 Å². The maximum absolute atomic E-state index is 5.76. The summed E-state index contributed by atoms with van der Waals surface area (Å²) >= 11 is 0. The lowest BCUT2D eigenvalue weighted by Gasteiger charge is -2.13. The van der Waals surface area contributed by atoms with Crippen LogP contribution in [0.4, 0.5) is 0 Å². The van der Waals surface area contributed by atoms with Gasteiger partial charge in [0.05, 0.1) is 79.3 Å². The molecule has 0 saturated heterocycles. The van der Waals surface area contributed by atoms with Crippen molar-refractivity contribution in [3.8, 4) is 0 Å². The molecule has 1 aliphatic rings. The van der Waals surface area contributed by atoms with Crippen molar-refractivity contribution in [2.24, 2.45) is 0 Å². The zero-order valence-corrected chi connectivity index (χ0v) is 17.6. The van der Waals surface area contributed by atoms with Crippen LogP contribution >= 0.6 is 0 Å². The standard InChI is InChI=1S/C24H32O6/c1-2-6-22-18-28-14-10-26-12-16-30-20-24-8-4-3-7-23(24)19-29-15-11-25-9-13-27-17-21(22)5-1/h1-8H,9-20H2. The number of hydrogen-bond acceptors (Lipinski definition) is 6. The molecular formula is C24H32O6. The van der Waals surface area contributed by atoms with Crippen LogP contribution in [0.25, 0.3) is 0 Å². The minimum Gasteiger partial charge on any atom is -0.377 e. The van der Waals surface area contributed by atoms with Gasteiger partial charge in [0, 0.05) is 0 Å². The SMILES string of the molecule is c1ccc2c(c1)COCCOCCOCc1ccccc1COCCOCCOC2. The predicted molar refractivity (Wildman–Crippen MR) is 113 cm³/mol. The molecule has 0 atom stereocenters. The predicted octanol–water partition coefficient (Wildman–Crippen LogP) is 3.50. The average molecular weight is 417 g/mol. The molecule has 0 unspecified atom stereocenters. The summed E-state index contributed by atoms with van der Waals surface area (Å²) in [4.78, 5) is 0. The third-order valence-electron chi connectivity index (χ3n) is 4.76. The maximum Gasteiger partial charge on any atom is 0.0721 e. The van der Waals surface area contributed by atoms with E-state index in [0.29, 0.717) is 79.3 Å². The van der Waals surface area contributed by atoms with Gasteiger partial charge in [0.25, 0.3) is 0 Å². The lowest BCUT2D eigenvalue weighted by Crippen LogP contribution is -2.12. The van der Waals surface area contributed by atoms with Crippen molar-refractivity contribution in [3.63, 3.8) is 0 Å². The second kappa shape index (κ2) is 14.2. The average Bonchev–Trinajstić information content (AvgIpc) is 2.78. The molecule has 164 valence electrons. The molecule has 0 saturated carbocycles. The van der Waals surface area contributed by atoms with Gasteiger partial charge in [-0.15, -0.1) is 0 Å². The molecule has 30 heavy (non-hydrogen) atoms. The lowest BCUT2D eigenvalue weighted by molar-refractivity contribution is 0.000891. The molecule has 6 heteroatoms. The Hall–Kier alpha value is -1.80. The van der Waals surface area contributed by atoms with Gasteiger partial charge in [-0.3, -0.25) is 0 Å². The van der Waals surface area contributed by atoms with Crippen LogP contribution in [0, 0.1) is 0 Å². The number of rotatable bonds is 0. The van der Waals surface area contributed by atoms with Crippen LogP contribution in [0.15, 0.2) is 48.5 Å². The lowest BCUT2D eigenvalue weighted by atomic mass is 10.1. The van der Waals surface area contributed by atoms with Crippen molar-refractivity contribution in [1.29, 1.82) is 0 Å². The van der Waals surface area contributed by atoms with Gasteiger partial charge in [-0.1, -0.05) is 48.5 Å². The Morgan fingerprint density at radius 3 is 0.833 bits per heavy atom. The van der Waals surface area contributed by atoms with Gasteiger partial charge < -0.3 is 28.4 Å². The van der Waals surface area contributed by atoms with Crippen LogP contribution in [0.1, 0.15) is 22.3 Å². The fourth-order valence-corrected chi connectivity index (χ4v) is 3.08. The molecular weight excluding hydrogens is 384 g/mol. The van der Waals surface area contributed by atoms with E-state index in [2.05, 4.69) is 24.3 Å². The first-order valence-electron chi connectivity index (χ1n) is 10.5. The maximum atomic E-state index is 5.76. The normalized spacial score (nSPS) is 18.9. The molecule has 0 spiro atoms. The topological polar surface area (TPSA) is 55.4 Å². The van der Waals surface area contributed by atoms with E-state index in [-0.39, 0.29) is 0 Å². The number of fused-ring (bicyclic) bond motifs is 2. The van der Waals surface area contributed by atoms with E-state index in [4.69, 9.17) is 28.4 Å². The van der Waals surface area contributed by atoms with Crippen LogP contribution in [-0.4, -0.2) is 52.9 Å². The summed E-state index contributed by atoms with van der Waals surface area (Å²) in [7, 11) is 0. The van der Waals surface area contributed by atoms with E-state index in [1.54, 1.807) is 0 Å². The van der Waals surface area contributed by atoms with Crippen LogP contribution in [0.5, 0.6) is 0 Å². The molecule has 1 aliphatic heterocycles. The molecule has 0 radical (unpaired) electrons. The van der Waals surface area contributed by atoms with Gasteiger partial charge in [0.15, 0.2) is 0 Å². The highest BCUT2D eigenvalue weighted by Crippen LogP contribution is 2.13. The number of hydrogen-bond donors (Lipinski definition) is 0. The third kappa shape index (κ3) is 8.52. The Morgan fingerprint density at radius 2 is 0.567 bits per heavy atom. The molecule has 2 aromatic carbocycles. The molecule has 1 heterocycles. The fraction of sp³-hybridized carbons (Fsp3) is 0.500. The van der Waals surface area contributed by atoms with E-state index in [0.717, 1.165) is 22.3 Å². The summed E-state index contributed by atoms with van der Waals surface area (Å²) in [6.07, 6.45) is 0. The third-order valence-corrected chi connectivity index (χ3v) is 4.76. The smallest absolute Gasteiger partial charge is 0.0721 e. The molecule has 0 aromatic heterocycles. The van der Waals surface area contributed by atoms with Crippen molar-refractivity contribution >= 4 is 0 Å². The zero-order chi connectivity index (χ0) is 20.7. The van der Waals surface area contributed by atoms with Gasteiger partial charge in [0.2, 0.25) is 0 Å². The van der Waals surface area contributed by atoms with Crippen LogP contribution in [0.2, 0.25) is 0 Å². The first kappa shape index (κ1) is 22.9. The minimum atomic E-state index is 0.545. The Labute approximate surface area is 179 Å². The summed E-state index contributed by atoms with van der Waals surface area (Å²) in [5.74, 6) is 0. The summed E-state index contributed by atoms with van der Waals surface area (Å²) in [6.45, 7) is 6.54. The quantitative estimate of drug-likeness (QED) is 0.655. The fourth-order valence-electron chi connectivity index (χ4n) is 3.08. The zero-order valence-electron chi connectivity index (χ0n) is 17.6. The minimum absolute atomic E-state index is 0.545. The first-order chi connectivity index (χ1) is 14.9. The van der Waals surface area contributed by atoms with Crippen molar-refractivity contribution in [2.45, 2.75) is 26.4 Å². The van der Waals surface area contributed by atoms with Gasteiger partial charge >= 0.3 is 0 Å². The Bertz CT molecular complexity index is 601. The molecule has 6 nitrogen and oxygen atoms in total. The Kier molecular flexibility index (Phi) is 10.9. The van der Waals surface area contributed by atoms with Crippen molar-refractivity contribution in [3.05, 3.63) is 70.8 Å². The number of ether oxygens (including phenoxy) is 6. The van der Waals surface area contributed by atoms with Crippen LogP contribution < -0.4 is 0 Å². The van der Waals surface area contributed by atoms with E-state index in [1.165, 1.54) is 0 Å². The highest BCUT2D eigenvalue weighted by atomic mass is 16.5.